The molecule has 3 aromatic rings. The maximum Gasteiger partial charge on any atom is 0.264 e. The van der Waals surface area contributed by atoms with Crippen molar-refractivity contribution in [3.8, 4) is 0 Å². The fourth-order valence-corrected chi connectivity index (χ4v) is 4.73. The summed E-state index contributed by atoms with van der Waals surface area (Å²) in [7, 11) is 0. The molecule has 2 aromatic carbocycles. The molecular formula is C23H20ClNO3S. The van der Waals surface area contributed by atoms with Crippen molar-refractivity contribution in [3.63, 3.8) is 0 Å². The molecule has 1 aromatic heterocycles. The number of aryl methyl sites for hydroxylation is 2. The number of anilines is 1. The van der Waals surface area contributed by atoms with Crippen molar-refractivity contribution >= 4 is 40.3 Å². The average Bonchev–Trinajstić information content (AvgIpc) is 3.24. The molecule has 0 bridgehead atoms. The molecule has 2 heterocycles. The third-order valence-electron chi connectivity index (χ3n) is 5.29. The van der Waals surface area contributed by atoms with E-state index in [1.807, 2.05) is 43.5 Å². The summed E-state index contributed by atoms with van der Waals surface area (Å²) < 4.78 is 0. The zero-order valence-corrected chi connectivity index (χ0v) is 17.7. The van der Waals surface area contributed by atoms with E-state index >= 15 is 0 Å². The fourth-order valence-electron chi connectivity index (χ4n) is 3.86. The van der Waals surface area contributed by atoms with Gasteiger partial charge in [-0.2, -0.15) is 0 Å². The van der Waals surface area contributed by atoms with E-state index in [0.717, 1.165) is 16.0 Å². The first kappa shape index (κ1) is 19.8. The number of fused-ring (bicyclic) bond motifs is 1. The maximum absolute atomic E-state index is 13.3. The summed E-state index contributed by atoms with van der Waals surface area (Å²) in [5.74, 6) is -0.775. The zero-order chi connectivity index (χ0) is 20.8. The third kappa shape index (κ3) is 3.50. The minimum Gasteiger partial charge on any atom is -0.375 e. The summed E-state index contributed by atoms with van der Waals surface area (Å²) in [6.45, 7) is 4.15. The lowest BCUT2D eigenvalue weighted by molar-refractivity contribution is -0.136. The van der Waals surface area contributed by atoms with E-state index < -0.39 is 11.5 Å². The number of ketones is 1. The monoisotopic (exact) mass is 425 g/mol. The molecule has 1 aliphatic heterocycles. The largest absolute Gasteiger partial charge is 0.375 e. The van der Waals surface area contributed by atoms with E-state index in [2.05, 4.69) is 0 Å². The van der Waals surface area contributed by atoms with Crippen LogP contribution in [0.15, 0.2) is 53.9 Å². The summed E-state index contributed by atoms with van der Waals surface area (Å²) >= 11 is 7.70. The van der Waals surface area contributed by atoms with Gasteiger partial charge in [0.15, 0.2) is 11.4 Å². The maximum atomic E-state index is 13.3. The van der Waals surface area contributed by atoms with Gasteiger partial charge in [0.05, 0.1) is 18.7 Å². The van der Waals surface area contributed by atoms with Gasteiger partial charge in [0, 0.05) is 21.0 Å². The van der Waals surface area contributed by atoms with Gasteiger partial charge in [-0.05, 0) is 49.1 Å². The van der Waals surface area contributed by atoms with E-state index in [4.69, 9.17) is 11.6 Å². The van der Waals surface area contributed by atoms with E-state index in [9.17, 15) is 14.7 Å². The van der Waals surface area contributed by atoms with Crippen LogP contribution in [0.4, 0.5) is 5.69 Å². The molecule has 1 amide bonds. The van der Waals surface area contributed by atoms with Gasteiger partial charge in [-0.3, -0.25) is 9.59 Å². The van der Waals surface area contributed by atoms with Gasteiger partial charge < -0.3 is 10.0 Å². The van der Waals surface area contributed by atoms with Crippen molar-refractivity contribution in [1.29, 1.82) is 0 Å². The Bertz CT molecular complexity index is 1110. The van der Waals surface area contributed by atoms with Crippen LogP contribution in [0.1, 0.15) is 38.3 Å². The van der Waals surface area contributed by atoms with E-state index in [-0.39, 0.29) is 12.2 Å². The molecule has 0 spiro atoms. The van der Waals surface area contributed by atoms with E-state index in [1.54, 1.807) is 24.3 Å². The van der Waals surface area contributed by atoms with Gasteiger partial charge in [0.2, 0.25) is 0 Å². The highest BCUT2D eigenvalue weighted by molar-refractivity contribution is 7.09. The van der Waals surface area contributed by atoms with Crippen LogP contribution >= 0.6 is 22.9 Å². The Morgan fingerprint density at radius 2 is 1.97 bits per heavy atom. The Kier molecular flexibility index (Phi) is 5.07. The van der Waals surface area contributed by atoms with Crippen LogP contribution < -0.4 is 4.90 Å². The second-order valence-corrected chi connectivity index (χ2v) is 8.88. The van der Waals surface area contributed by atoms with Crippen molar-refractivity contribution in [2.24, 2.45) is 0 Å². The molecule has 0 saturated heterocycles. The van der Waals surface area contributed by atoms with Crippen molar-refractivity contribution in [1.82, 2.24) is 0 Å². The number of hydrogen-bond donors (Lipinski definition) is 1. The topological polar surface area (TPSA) is 57.6 Å². The second-order valence-electron chi connectivity index (χ2n) is 7.41. The fraction of sp³-hybridized carbons (Fsp3) is 0.217. The van der Waals surface area contributed by atoms with Crippen molar-refractivity contribution in [3.05, 3.63) is 86.1 Å². The van der Waals surface area contributed by atoms with Crippen LogP contribution in [0.25, 0.3) is 0 Å². The number of Topliss-reactive ketones (excluding diaryl/α,β-unsaturated/α-hetero) is 1. The summed E-state index contributed by atoms with van der Waals surface area (Å²) in [5.41, 5.74) is 1.41. The number of carbonyl (C=O) groups is 2. The summed E-state index contributed by atoms with van der Waals surface area (Å²) in [4.78, 5) is 28.9. The van der Waals surface area contributed by atoms with Crippen LogP contribution in [0, 0.1) is 13.8 Å². The van der Waals surface area contributed by atoms with Crippen molar-refractivity contribution in [2.75, 3.05) is 4.90 Å². The predicted octanol–water partition coefficient (Wildman–Crippen LogP) is 5.03. The molecule has 1 atom stereocenters. The molecule has 0 saturated carbocycles. The highest BCUT2D eigenvalue weighted by atomic mass is 35.5. The van der Waals surface area contributed by atoms with E-state index in [1.165, 1.54) is 16.2 Å². The molecule has 4 nitrogen and oxygen atoms in total. The number of thiophene rings is 1. The Morgan fingerprint density at radius 1 is 1.17 bits per heavy atom. The smallest absolute Gasteiger partial charge is 0.264 e. The minimum atomic E-state index is -1.94. The highest BCUT2D eigenvalue weighted by Gasteiger charge is 2.51. The first-order valence-electron chi connectivity index (χ1n) is 9.27. The van der Waals surface area contributed by atoms with Gasteiger partial charge in [-0.15, -0.1) is 11.3 Å². The first-order valence-corrected chi connectivity index (χ1v) is 10.5. The molecule has 1 aliphatic rings. The van der Waals surface area contributed by atoms with Crippen molar-refractivity contribution in [2.45, 2.75) is 32.4 Å². The number of rotatable bonds is 5. The van der Waals surface area contributed by atoms with Crippen LogP contribution in [-0.2, 0) is 16.9 Å². The second kappa shape index (κ2) is 7.41. The molecule has 0 radical (unpaired) electrons. The predicted molar refractivity (Wildman–Crippen MR) is 116 cm³/mol. The van der Waals surface area contributed by atoms with Gasteiger partial charge in [0.1, 0.15) is 0 Å². The number of amides is 1. The number of carbonyl (C=O) groups excluding carboxylic acids is 2. The molecular weight excluding hydrogens is 406 g/mol. The van der Waals surface area contributed by atoms with Crippen LogP contribution in [0.3, 0.4) is 0 Å². The van der Waals surface area contributed by atoms with Gasteiger partial charge in [-0.25, -0.2) is 0 Å². The normalized spacial score (nSPS) is 18.2. The average molecular weight is 426 g/mol. The zero-order valence-electron chi connectivity index (χ0n) is 16.1. The number of nitrogens with zero attached hydrogens (tertiary/aromatic N) is 1. The lowest BCUT2D eigenvalue weighted by Gasteiger charge is -2.23. The molecule has 0 aliphatic carbocycles. The number of benzene rings is 2. The van der Waals surface area contributed by atoms with E-state index in [0.29, 0.717) is 28.4 Å². The quantitative estimate of drug-likeness (QED) is 0.583. The standard InChI is InChI=1S/C23H20ClNO3S/c1-14-5-7-18(15(2)10-14)21(26)12-23(28)19-11-16(24)6-8-20(19)25(22(23)27)13-17-4-3-9-29-17/h3-11,28H,12-13H2,1-2H3. The Labute approximate surface area is 178 Å². The van der Waals surface area contributed by atoms with Crippen LogP contribution in [0.5, 0.6) is 0 Å². The lowest BCUT2D eigenvalue weighted by atomic mass is 9.87. The van der Waals surface area contributed by atoms with Gasteiger partial charge >= 0.3 is 0 Å². The number of hydrogen-bond acceptors (Lipinski definition) is 4. The molecule has 148 valence electrons. The summed E-state index contributed by atoms with van der Waals surface area (Å²) in [5, 5.41) is 13.8. The SMILES string of the molecule is Cc1ccc(C(=O)CC2(O)C(=O)N(Cc3cccs3)c3ccc(Cl)cc32)c(C)c1. The summed E-state index contributed by atoms with van der Waals surface area (Å²) in [6, 6.07) is 14.4. The molecule has 29 heavy (non-hydrogen) atoms. The first-order chi connectivity index (χ1) is 13.8. The highest BCUT2D eigenvalue weighted by Crippen LogP contribution is 2.45. The number of halogens is 1. The van der Waals surface area contributed by atoms with Crippen LogP contribution in [-0.4, -0.2) is 16.8 Å². The molecule has 6 heteroatoms. The Morgan fingerprint density at radius 3 is 2.66 bits per heavy atom. The molecule has 0 fully saturated rings. The minimum absolute atomic E-state index is 0.276. The third-order valence-corrected chi connectivity index (χ3v) is 6.38. The number of aliphatic hydroxyl groups is 1. The van der Waals surface area contributed by atoms with Gasteiger partial charge in [-0.1, -0.05) is 41.4 Å². The Hall–Kier alpha value is -2.47. The molecule has 1 unspecified atom stereocenters. The van der Waals surface area contributed by atoms with Gasteiger partial charge in [0.25, 0.3) is 5.91 Å². The lowest BCUT2D eigenvalue weighted by Crippen LogP contribution is -2.41. The summed E-state index contributed by atoms with van der Waals surface area (Å²) in [6.07, 6.45) is -0.329. The van der Waals surface area contributed by atoms with Crippen LogP contribution in [0.2, 0.25) is 5.02 Å². The Balaban J connectivity index is 1.72. The molecule has 1 N–H and O–H groups in total. The molecule has 4 rings (SSSR count). The van der Waals surface area contributed by atoms with Crippen molar-refractivity contribution < 1.29 is 14.7 Å².